The summed E-state index contributed by atoms with van der Waals surface area (Å²) in [4.78, 5) is 4.69. The van der Waals surface area contributed by atoms with Gasteiger partial charge in [-0.05, 0) is 62.2 Å². The summed E-state index contributed by atoms with van der Waals surface area (Å²) in [7, 11) is 0. The minimum Gasteiger partial charge on any atom is -0.365 e. The first-order valence-corrected chi connectivity index (χ1v) is 8.16. The smallest absolute Gasteiger partial charge is 0.127 e. The summed E-state index contributed by atoms with van der Waals surface area (Å²) in [5, 5.41) is 4.56. The van der Waals surface area contributed by atoms with Crippen LogP contribution in [0.5, 0.6) is 0 Å². The minimum absolute atomic E-state index is 0.00944. The molecule has 0 saturated heterocycles. The van der Waals surface area contributed by atoms with E-state index in [9.17, 15) is 0 Å². The molecule has 0 amide bonds. The van der Waals surface area contributed by atoms with Crippen LogP contribution in [0.4, 0.5) is 5.82 Å². The predicted octanol–water partition coefficient (Wildman–Crippen LogP) is 5.87. The molecule has 3 aromatic rings. The molecule has 1 aromatic heterocycles. The molecule has 0 radical (unpaired) electrons. The van der Waals surface area contributed by atoms with Gasteiger partial charge in [-0.2, -0.15) is 0 Å². The molecule has 0 saturated carbocycles. The van der Waals surface area contributed by atoms with Crippen LogP contribution in [-0.4, -0.2) is 10.5 Å². The number of pyridine rings is 1. The van der Waals surface area contributed by atoms with Gasteiger partial charge >= 0.3 is 0 Å². The maximum absolute atomic E-state index is 4.69. The molecule has 0 fully saturated rings. The van der Waals surface area contributed by atoms with E-state index < -0.39 is 0 Å². The summed E-state index contributed by atoms with van der Waals surface area (Å²) in [6.45, 7) is 6.40. The highest BCUT2D eigenvalue weighted by molar-refractivity contribution is 9.10. The van der Waals surface area contributed by atoms with Crippen LogP contribution in [0.2, 0.25) is 0 Å². The largest absolute Gasteiger partial charge is 0.365 e. The quantitative estimate of drug-likeness (QED) is 0.621. The number of nitrogens with zero attached hydrogens (tertiary/aromatic N) is 1. The molecule has 0 aliphatic rings. The standard InChI is InChI=1S/C19H19BrN2/c1-19(2,3)22-18-11-9-14-12-13(8-10-17(14)21-18)15-6-4-5-7-16(15)20/h4-12H,1-3H3,(H,21,22). The van der Waals surface area contributed by atoms with Crippen molar-refractivity contribution in [3.05, 3.63) is 59.1 Å². The van der Waals surface area contributed by atoms with Crippen molar-refractivity contribution in [2.45, 2.75) is 26.3 Å². The molecule has 3 rings (SSSR count). The maximum atomic E-state index is 4.69. The van der Waals surface area contributed by atoms with Gasteiger partial charge in [0.2, 0.25) is 0 Å². The number of hydrogen-bond donors (Lipinski definition) is 1. The zero-order valence-corrected chi connectivity index (χ0v) is 14.6. The monoisotopic (exact) mass is 354 g/mol. The lowest BCUT2D eigenvalue weighted by Gasteiger charge is -2.21. The molecule has 2 nitrogen and oxygen atoms in total. The molecule has 0 bridgehead atoms. The van der Waals surface area contributed by atoms with Crippen molar-refractivity contribution in [1.29, 1.82) is 0 Å². The van der Waals surface area contributed by atoms with Crippen LogP contribution in [0.1, 0.15) is 20.8 Å². The van der Waals surface area contributed by atoms with Crippen molar-refractivity contribution in [3.8, 4) is 11.1 Å². The molecule has 0 aliphatic heterocycles. The van der Waals surface area contributed by atoms with Gasteiger partial charge in [-0.1, -0.05) is 40.2 Å². The van der Waals surface area contributed by atoms with Crippen LogP contribution in [-0.2, 0) is 0 Å². The molecule has 22 heavy (non-hydrogen) atoms. The van der Waals surface area contributed by atoms with E-state index >= 15 is 0 Å². The van der Waals surface area contributed by atoms with E-state index in [0.29, 0.717) is 0 Å². The van der Waals surface area contributed by atoms with Gasteiger partial charge in [0, 0.05) is 15.4 Å². The first-order valence-electron chi connectivity index (χ1n) is 7.36. The fraction of sp³-hybridized carbons (Fsp3) is 0.211. The van der Waals surface area contributed by atoms with Gasteiger partial charge in [-0.25, -0.2) is 4.98 Å². The van der Waals surface area contributed by atoms with E-state index in [1.807, 2.05) is 12.1 Å². The third-order valence-corrected chi connectivity index (χ3v) is 4.07. The van der Waals surface area contributed by atoms with E-state index in [4.69, 9.17) is 4.98 Å². The van der Waals surface area contributed by atoms with E-state index in [-0.39, 0.29) is 5.54 Å². The van der Waals surface area contributed by atoms with Crippen LogP contribution < -0.4 is 5.32 Å². The number of aromatic nitrogens is 1. The molecule has 3 heteroatoms. The highest BCUT2D eigenvalue weighted by Crippen LogP contribution is 2.30. The number of benzene rings is 2. The second-order valence-electron chi connectivity index (χ2n) is 6.46. The molecule has 0 unspecified atom stereocenters. The number of halogens is 1. The number of fused-ring (bicyclic) bond motifs is 1. The third kappa shape index (κ3) is 3.30. The van der Waals surface area contributed by atoms with Crippen LogP contribution in [0.3, 0.4) is 0 Å². The highest BCUT2D eigenvalue weighted by Gasteiger charge is 2.10. The van der Waals surface area contributed by atoms with Gasteiger partial charge in [-0.3, -0.25) is 0 Å². The number of hydrogen-bond acceptors (Lipinski definition) is 2. The van der Waals surface area contributed by atoms with Gasteiger partial charge < -0.3 is 5.32 Å². The van der Waals surface area contributed by atoms with Crippen molar-refractivity contribution < 1.29 is 0 Å². The van der Waals surface area contributed by atoms with Gasteiger partial charge in [0.1, 0.15) is 5.82 Å². The molecule has 112 valence electrons. The summed E-state index contributed by atoms with van der Waals surface area (Å²) in [5.74, 6) is 0.911. The zero-order chi connectivity index (χ0) is 15.7. The Morgan fingerprint density at radius 2 is 1.73 bits per heavy atom. The topological polar surface area (TPSA) is 24.9 Å². The van der Waals surface area contributed by atoms with Crippen molar-refractivity contribution >= 4 is 32.7 Å². The lowest BCUT2D eigenvalue weighted by atomic mass is 10.0. The predicted molar refractivity (Wildman–Crippen MR) is 98.3 cm³/mol. The average Bonchev–Trinajstić information content (AvgIpc) is 2.45. The van der Waals surface area contributed by atoms with Crippen molar-refractivity contribution in [3.63, 3.8) is 0 Å². The Balaban J connectivity index is 2.02. The Hall–Kier alpha value is -1.87. The SMILES string of the molecule is CC(C)(C)Nc1ccc2cc(-c3ccccc3Br)ccc2n1. The number of rotatable bonds is 2. The zero-order valence-electron chi connectivity index (χ0n) is 13.0. The maximum Gasteiger partial charge on any atom is 0.127 e. The van der Waals surface area contributed by atoms with Crippen LogP contribution in [0.25, 0.3) is 22.0 Å². The molecule has 0 aliphatic carbocycles. The Kier molecular flexibility index (Phi) is 3.92. The lowest BCUT2D eigenvalue weighted by Crippen LogP contribution is -2.26. The average molecular weight is 355 g/mol. The summed E-state index contributed by atoms with van der Waals surface area (Å²) in [6, 6.07) is 18.8. The van der Waals surface area contributed by atoms with E-state index in [1.165, 1.54) is 11.1 Å². The van der Waals surface area contributed by atoms with E-state index in [0.717, 1.165) is 21.2 Å². The van der Waals surface area contributed by atoms with Crippen molar-refractivity contribution in [1.82, 2.24) is 4.98 Å². The van der Waals surface area contributed by atoms with Crippen LogP contribution in [0, 0.1) is 0 Å². The first kappa shape index (κ1) is 15.0. The molecule has 0 spiro atoms. The Labute approximate surface area is 139 Å². The summed E-state index contributed by atoms with van der Waals surface area (Å²) in [6.07, 6.45) is 0. The van der Waals surface area contributed by atoms with E-state index in [1.54, 1.807) is 0 Å². The molecule has 1 heterocycles. The molecule has 0 atom stereocenters. The summed E-state index contributed by atoms with van der Waals surface area (Å²) >= 11 is 3.62. The summed E-state index contributed by atoms with van der Waals surface area (Å²) < 4.78 is 1.10. The van der Waals surface area contributed by atoms with Gasteiger partial charge in [0.25, 0.3) is 0 Å². The first-order chi connectivity index (χ1) is 10.4. The van der Waals surface area contributed by atoms with Crippen molar-refractivity contribution in [2.24, 2.45) is 0 Å². The molecular weight excluding hydrogens is 336 g/mol. The Morgan fingerprint density at radius 3 is 2.45 bits per heavy atom. The van der Waals surface area contributed by atoms with E-state index in [2.05, 4.69) is 84.5 Å². The van der Waals surface area contributed by atoms with Gasteiger partial charge in [0.05, 0.1) is 5.52 Å². The second-order valence-corrected chi connectivity index (χ2v) is 7.31. The Morgan fingerprint density at radius 1 is 0.955 bits per heavy atom. The fourth-order valence-corrected chi connectivity index (χ4v) is 2.96. The molecular formula is C19H19BrN2. The normalized spacial score (nSPS) is 11.6. The van der Waals surface area contributed by atoms with Crippen LogP contribution in [0.15, 0.2) is 59.1 Å². The third-order valence-electron chi connectivity index (χ3n) is 3.38. The van der Waals surface area contributed by atoms with Crippen molar-refractivity contribution in [2.75, 3.05) is 5.32 Å². The number of nitrogens with one attached hydrogen (secondary N) is 1. The van der Waals surface area contributed by atoms with Crippen LogP contribution >= 0.6 is 15.9 Å². The minimum atomic E-state index is 0.00944. The molecule has 2 aromatic carbocycles. The Bertz CT molecular complexity index is 819. The fourth-order valence-electron chi connectivity index (χ4n) is 2.44. The second kappa shape index (κ2) is 5.73. The highest BCUT2D eigenvalue weighted by atomic mass is 79.9. The van der Waals surface area contributed by atoms with Gasteiger partial charge in [0.15, 0.2) is 0 Å². The number of anilines is 1. The summed E-state index contributed by atoms with van der Waals surface area (Å²) in [5.41, 5.74) is 3.40. The molecule has 1 N–H and O–H groups in total. The van der Waals surface area contributed by atoms with Gasteiger partial charge in [-0.15, -0.1) is 0 Å². The lowest BCUT2D eigenvalue weighted by molar-refractivity contribution is 0.631.